The Morgan fingerprint density at radius 3 is 2.95 bits per heavy atom. The lowest BCUT2D eigenvalue weighted by Crippen LogP contribution is -2.15. The van der Waals surface area contributed by atoms with Crippen molar-refractivity contribution in [3.8, 4) is 5.69 Å². The molecule has 0 saturated heterocycles. The van der Waals surface area contributed by atoms with E-state index in [0.717, 1.165) is 5.69 Å². The van der Waals surface area contributed by atoms with Gasteiger partial charge in [-0.1, -0.05) is 41.1 Å². The van der Waals surface area contributed by atoms with Gasteiger partial charge in [0.2, 0.25) is 5.13 Å². The molecule has 0 unspecified atom stereocenters. The van der Waals surface area contributed by atoms with Crippen LogP contribution in [0.3, 0.4) is 0 Å². The first kappa shape index (κ1) is 14.6. The molecule has 0 aliphatic rings. The molecular formula is C13H11ClN6OS. The Labute approximate surface area is 134 Å². The molecule has 0 fully saturated rings. The summed E-state index contributed by atoms with van der Waals surface area (Å²) in [7, 11) is 0. The van der Waals surface area contributed by atoms with E-state index in [1.807, 2.05) is 19.1 Å². The maximum Gasteiger partial charge on any atom is 0.279 e. The van der Waals surface area contributed by atoms with Crippen LogP contribution in [0.4, 0.5) is 5.13 Å². The first-order valence-corrected chi connectivity index (χ1v) is 7.73. The molecule has 0 saturated carbocycles. The molecule has 0 atom stereocenters. The molecule has 1 amide bonds. The van der Waals surface area contributed by atoms with Crippen molar-refractivity contribution in [2.45, 2.75) is 13.3 Å². The third kappa shape index (κ3) is 2.83. The van der Waals surface area contributed by atoms with Crippen molar-refractivity contribution in [3.63, 3.8) is 0 Å². The van der Waals surface area contributed by atoms with Crippen molar-refractivity contribution in [2.75, 3.05) is 5.32 Å². The normalized spacial score (nSPS) is 10.6. The molecule has 2 heterocycles. The Morgan fingerprint density at radius 1 is 1.41 bits per heavy atom. The number of rotatable bonds is 4. The molecule has 2 aromatic heterocycles. The Hall–Kier alpha value is -2.32. The van der Waals surface area contributed by atoms with E-state index in [4.69, 9.17) is 11.6 Å². The van der Waals surface area contributed by atoms with E-state index >= 15 is 0 Å². The quantitative estimate of drug-likeness (QED) is 0.792. The predicted octanol–water partition coefficient (Wildman–Crippen LogP) is 2.59. The maximum atomic E-state index is 12.3. The fraction of sp³-hybridized carbons (Fsp3) is 0.154. The Balaban J connectivity index is 1.95. The average molecular weight is 335 g/mol. The summed E-state index contributed by atoms with van der Waals surface area (Å²) in [6.07, 6.45) is 0.596. The summed E-state index contributed by atoms with van der Waals surface area (Å²) in [5.74, 6) is -0.359. The first-order valence-electron chi connectivity index (χ1n) is 6.47. The highest BCUT2D eigenvalue weighted by Crippen LogP contribution is 2.19. The van der Waals surface area contributed by atoms with Gasteiger partial charge in [-0.15, -0.1) is 15.3 Å². The van der Waals surface area contributed by atoms with Crippen molar-refractivity contribution in [1.82, 2.24) is 25.2 Å². The highest BCUT2D eigenvalue weighted by Gasteiger charge is 2.20. The van der Waals surface area contributed by atoms with Gasteiger partial charge in [0.05, 0.1) is 11.4 Å². The number of hydrogen-bond acceptors (Lipinski definition) is 6. The second-order valence-corrected chi connectivity index (χ2v) is 5.60. The van der Waals surface area contributed by atoms with Gasteiger partial charge in [-0.05, 0) is 24.6 Å². The van der Waals surface area contributed by atoms with Crippen LogP contribution in [0.1, 0.15) is 23.1 Å². The molecule has 0 spiro atoms. The van der Waals surface area contributed by atoms with Gasteiger partial charge in [-0.25, -0.2) is 4.68 Å². The number of anilines is 1. The van der Waals surface area contributed by atoms with Crippen molar-refractivity contribution in [3.05, 3.63) is 46.2 Å². The molecule has 0 radical (unpaired) electrons. The summed E-state index contributed by atoms with van der Waals surface area (Å²) in [6.45, 7) is 1.93. The maximum absolute atomic E-state index is 12.3. The minimum absolute atomic E-state index is 0.262. The van der Waals surface area contributed by atoms with Crippen molar-refractivity contribution >= 4 is 34.0 Å². The lowest BCUT2D eigenvalue weighted by molar-refractivity contribution is 0.102. The molecule has 0 aliphatic heterocycles. The van der Waals surface area contributed by atoms with Gasteiger partial charge in [0, 0.05) is 5.02 Å². The highest BCUT2D eigenvalue weighted by atomic mass is 35.5. The second-order valence-electron chi connectivity index (χ2n) is 4.33. The number of hydrogen-bond donors (Lipinski definition) is 1. The minimum Gasteiger partial charge on any atom is -0.295 e. The Bertz CT molecular complexity index is 801. The van der Waals surface area contributed by atoms with Crippen LogP contribution in [0.15, 0.2) is 29.8 Å². The van der Waals surface area contributed by atoms with E-state index in [1.165, 1.54) is 11.3 Å². The largest absolute Gasteiger partial charge is 0.295 e. The third-order valence-corrected chi connectivity index (χ3v) is 3.79. The topological polar surface area (TPSA) is 85.6 Å². The molecule has 3 aromatic rings. The number of benzene rings is 1. The second kappa shape index (κ2) is 6.20. The number of nitrogens with zero attached hydrogens (tertiary/aromatic N) is 5. The summed E-state index contributed by atoms with van der Waals surface area (Å²) in [5.41, 5.74) is 3.26. The van der Waals surface area contributed by atoms with E-state index in [9.17, 15) is 4.79 Å². The number of carbonyl (C=O) groups is 1. The first-order chi connectivity index (χ1) is 10.7. The zero-order valence-electron chi connectivity index (χ0n) is 11.5. The molecule has 0 aliphatic carbocycles. The highest BCUT2D eigenvalue weighted by molar-refractivity contribution is 7.13. The fourth-order valence-corrected chi connectivity index (χ4v) is 2.62. The molecule has 9 heteroatoms. The van der Waals surface area contributed by atoms with Gasteiger partial charge >= 0.3 is 0 Å². The van der Waals surface area contributed by atoms with Crippen molar-refractivity contribution in [1.29, 1.82) is 0 Å². The summed E-state index contributed by atoms with van der Waals surface area (Å²) < 4.78 is 1.61. The summed E-state index contributed by atoms with van der Waals surface area (Å²) in [6, 6.07) is 7.21. The Morgan fingerprint density at radius 2 is 2.27 bits per heavy atom. The predicted molar refractivity (Wildman–Crippen MR) is 83.6 cm³/mol. The number of carbonyl (C=O) groups excluding carboxylic acids is 1. The van der Waals surface area contributed by atoms with Crippen LogP contribution in [-0.2, 0) is 6.42 Å². The SMILES string of the molecule is CCc1c(C(=O)Nc2nncs2)nnn1-c1cccc(Cl)c1. The molecule has 7 nitrogen and oxygen atoms in total. The van der Waals surface area contributed by atoms with Crippen LogP contribution in [0, 0.1) is 0 Å². The standard InChI is InChI=1S/C13H11ClN6OS/c1-2-10-11(12(21)16-13-18-15-7-22-13)17-19-20(10)9-5-3-4-8(14)6-9/h3-7H,2H2,1H3,(H,16,18,21). The number of amides is 1. The molecule has 1 N–H and O–H groups in total. The zero-order valence-corrected chi connectivity index (χ0v) is 13.1. The van der Waals surface area contributed by atoms with E-state index in [1.54, 1.807) is 22.3 Å². The fourth-order valence-electron chi connectivity index (χ4n) is 1.99. The van der Waals surface area contributed by atoms with Gasteiger partial charge in [0.15, 0.2) is 5.69 Å². The summed E-state index contributed by atoms with van der Waals surface area (Å²) in [4.78, 5) is 12.3. The van der Waals surface area contributed by atoms with Gasteiger partial charge in [0.25, 0.3) is 5.91 Å². The van der Waals surface area contributed by atoms with Gasteiger partial charge in [0.1, 0.15) is 5.51 Å². The molecule has 3 rings (SSSR count). The minimum atomic E-state index is -0.359. The van der Waals surface area contributed by atoms with Crippen molar-refractivity contribution in [2.24, 2.45) is 0 Å². The summed E-state index contributed by atoms with van der Waals surface area (Å²) in [5, 5.41) is 19.2. The van der Waals surface area contributed by atoms with Crippen molar-refractivity contribution < 1.29 is 4.79 Å². The van der Waals surface area contributed by atoms with Gasteiger partial charge < -0.3 is 0 Å². The van der Waals surface area contributed by atoms with Crippen LogP contribution >= 0.6 is 22.9 Å². The van der Waals surface area contributed by atoms with E-state index in [0.29, 0.717) is 22.3 Å². The zero-order chi connectivity index (χ0) is 15.5. The number of nitrogens with one attached hydrogen (secondary N) is 1. The average Bonchev–Trinajstić information content (AvgIpc) is 3.15. The van der Waals surface area contributed by atoms with Crippen LogP contribution in [0.25, 0.3) is 5.69 Å². The molecular weight excluding hydrogens is 324 g/mol. The number of aromatic nitrogens is 5. The summed E-state index contributed by atoms with van der Waals surface area (Å²) >= 11 is 7.24. The lowest BCUT2D eigenvalue weighted by Gasteiger charge is -2.06. The molecule has 1 aromatic carbocycles. The van der Waals surface area contributed by atoms with Crippen LogP contribution < -0.4 is 5.32 Å². The smallest absolute Gasteiger partial charge is 0.279 e. The van der Waals surface area contributed by atoms with E-state index < -0.39 is 0 Å². The van der Waals surface area contributed by atoms with E-state index in [-0.39, 0.29) is 11.6 Å². The van der Waals surface area contributed by atoms with E-state index in [2.05, 4.69) is 25.8 Å². The van der Waals surface area contributed by atoms with Gasteiger partial charge in [-0.3, -0.25) is 10.1 Å². The monoisotopic (exact) mass is 334 g/mol. The molecule has 22 heavy (non-hydrogen) atoms. The van der Waals surface area contributed by atoms with Crippen LogP contribution in [0.5, 0.6) is 0 Å². The Kier molecular flexibility index (Phi) is 4.12. The van der Waals surface area contributed by atoms with Crippen LogP contribution in [0.2, 0.25) is 5.02 Å². The molecule has 112 valence electrons. The third-order valence-electron chi connectivity index (χ3n) is 2.95. The lowest BCUT2D eigenvalue weighted by atomic mass is 10.2. The molecule has 0 bridgehead atoms. The van der Waals surface area contributed by atoms with Gasteiger partial charge in [-0.2, -0.15) is 0 Å². The van der Waals surface area contributed by atoms with Crippen LogP contribution in [-0.4, -0.2) is 31.1 Å². The number of halogens is 1.